The molecule has 0 aliphatic heterocycles. The van der Waals surface area contributed by atoms with Crippen molar-refractivity contribution in [2.24, 2.45) is 11.7 Å². The highest BCUT2D eigenvalue weighted by atomic mass is 35.5. The summed E-state index contributed by atoms with van der Waals surface area (Å²) >= 11 is 0. The summed E-state index contributed by atoms with van der Waals surface area (Å²) in [4.78, 5) is 11.7. The number of hydrogen-bond donors (Lipinski definition) is 2. The second kappa shape index (κ2) is 7.70. The zero-order chi connectivity index (χ0) is 12.8. The average molecular weight is 268 g/mol. The second-order valence-electron chi connectivity index (χ2n) is 4.31. The highest BCUT2D eigenvalue weighted by Gasteiger charge is 2.10. The molecule has 1 unspecified atom stereocenters. The normalized spacial score (nSPS) is 11.3. The van der Waals surface area contributed by atoms with Crippen molar-refractivity contribution in [1.82, 2.24) is 5.32 Å². The van der Waals surface area contributed by atoms with E-state index in [0.29, 0.717) is 23.6 Å². The van der Waals surface area contributed by atoms with Gasteiger partial charge in [-0.05, 0) is 30.2 Å². The molecule has 1 amide bonds. The SMILES string of the molecule is CC(C)C(N)CNC(=O)c1ccc(C#N)cc1.Cl. The Hall–Kier alpha value is -1.57. The Morgan fingerprint density at radius 3 is 2.39 bits per heavy atom. The van der Waals surface area contributed by atoms with Crippen molar-refractivity contribution < 1.29 is 4.79 Å². The third kappa shape index (κ3) is 4.74. The lowest BCUT2D eigenvalue weighted by Gasteiger charge is -2.16. The molecule has 0 radical (unpaired) electrons. The fourth-order valence-electron chi connectivity index (χ4n) is 1.24. The van der Waals surface area contributed by atoms with Crippen molar-refractivity contribution in [3.63, 3.8) is 0 Å². The average Bonchev–Trinajstić information content (AvgIpc) is 2.35. The van der Waals surface area contributed by atoms with Crippen molar-refractivity contribution in [3.05, 3.63) is 35.4 Å². The fourth-order valence-corrected chi connectivity index (χ4v) is 1.24. The van der Waals surface area contributed by atoms with E-state index in [1.807, 2.05) is 19.9 Å². The fraction of sp³-hybridized carbons (Fsp3) is 0.385. The molecule has 1 aromatic carbocycles. The van der Waals surface area contributed by atoms with E-state index in [-0.39, 0.29) is 24.4 Å². The van der Waals surface area contributed by atoms with Gasteiger partial charge in [0.25, 0.3) is 5.91 Å². The zero-order valence-corrected chi connectivity index (χ0v) is 11.3. The molecule has 0 saturated heterocycles. The molecule has 0 aromatic heterocycles. The van der Waals surface area contributed by atoms with Gasteiger partial charge in [0.2, 0.25) is 0 Å². The number of halogens is 1. The molecule has 4 nitrogen and oxygen atoms in total. The van der Waals surface area contributed by atoms with E-state index in [9.17, 15) is 4.79 Å². The summed E-state index contributed by atoms with van der Waals surface area (Å²) in [6, 6.07) is 8.47. The van der Waals surface area contributed by atoms with Gasteiger partial charge < -0.3 is 11.1 Å². The molecule has 0 aliphatic carbocycles. The van der Waals surface area contributed by atoms with Crippen LogP contribution < -0.4 is 11.1 Å². The monoisotopic (exact) mass is 267 g/mol. The van der Waals surface area contributed by atoms with Crippen molar-refractivity contribution in [2.75, 3.05) is 6.54 Å². The molecule has 0 saturated carbocycles. The Bertz CT molecular complexity index is 423. The largest absolute Gasteiger partial charge is 0.350 e. The van der Waals surface area contributed by atoms with Crippen LogP contribution in [0.3, 0.4) is 0 Å². The summed E-state index contributed by atoms with van der Waals surface area (Å²) in [5.74, 6) is 0.168. The van der Waals surface area contributed by atoms with Crippen LogP contribution in [0.25, 0.3) is 0 Å². The van der Waals surface area contributed by atoms with Gasteiger partial charge in [-0.2, -0.15) is 5.26 Å². The highest BCUT2D eigenvalue weighted by Crippen LogP contribution is 2.03. The molecule has 1 atom stereocenters. The van der Waals surface area contributed by atoms with E-state index in [2.05, 4.69) is 5.32 Å². The molecule has 0 aliphatic rings. The van der Waals surface area contributed by atoms with Gasteiger partial charge in [-0.15, -0.1) is 12.4 Å². The summed E-state index contributed by atoms with van der Waals surface area (Å²) < 4.78 is 0. The predicted molar refractivity (Wildman–Crippen MR) is 73.6 cm³/mol. The van der Waals surface area contributed by atoms with Crippen molar-refractivity contribution in [1.29, 1.82) is 5.26 Å². The van der Waals surface area contributed by atoms with Gasteiger partial charge in [-0.3, -0.25) is 4.79 Å². The van der Waals surface area contributed by atoms with Gasteiger partial charge in [0.1, 0.15) is 0 Å². The Balaban J connectivity index is 0.00000289. The Kier molecular flexibility index (Phi) is 7.03. The third-order valence-electron chi connectivity index (χ3n) is 2.63. The quantitative estimate of drug-likeness (QED) is 0.871. The summed E-state index contributed by atoms with van der Waals surface area (Å²) in [5.41, 5.74) is 6.91. The first-order valence-corrected chi connectivity index (χ1v) is 5.58. The summed E-state index contributed by atoms with van der Waals surface area (Å²) in [7, 11) is 0. The standard InChI is InChI=1S/C13H17N3O.ClH/c1-9(2)12(15)8-16-13(17)11-5-3-10(7-14)4-6-11;/h3-6,9,12H,8,15H2,1-2H3,(H,16,17);1H. The minimum absolute atomic E-state index is 0. The van der Waals surface area contributed by atoms with Crippen LogP contribution in [0.15, 0.2) is 24.3 Å². The zero-order valence-electron chi connectivity index (χ0n) is 10.5. The van der Waals surface area contributed by atoms with E-state index >= 15 is 0 Å². The number of nitrogens with zero attached hydrogens (tertiary/aromatic N) is 1. The number of nitrogens with one attached hydrogen (secondary N) is 1. The molecular weight excluding hydrogens is 250 g/mol. The molecule has 1 aromatic rings. The van der Waals surface area contributed by atoms with E-state index in [0.717, 1.165) is 0 Å². The minimum Gasteiger partial charge on any atom is -0.350 e. The van der Waals surface area contributed by atoms with Crippen LogP contribution in [0.4, 0.5) is 0 Å². The molecule has 5 heteroatoms. The maximum atomic E-state index is 11.7. The topological polar surface area (TPSA) is 78.9 Å². The van der Waals surface area contributed by atoms with Crippen LogP contribution >= 0.6 is 12.4 Å². The van der Waals surface area contributed by atoms with Crippen molar-refractivity contribution in [3.8, 4) is 6.07 Å². The summed E-state index contributed by atoms with van der Waals surface area (Å²) in [5, 5.41) is 11.4. The molecular formula is C13H18ClN3O. The van der Waals surface area contributed by atoms with E-state index in [4.69, 9.17) is 11.0 Å². The smallest absolute Gasteiger partial charge is 0.251 e. The Morgan fingerprint density at radius 1 is 1.39 bits per heavy atom. The first-order valence-electron chi connectivity index (χ1n) is 5.58. The Morgan fingerprint density at radius 2 is 1.94 bits per heavy atom. The van der Waals surface area contributed by atoms with Crippen molar-refractivity contribution in [2.45, 2.75) is 19.9 Å². The van der Waals surface area contributed by atoms with Crippen LogP contribution in [0.2, 0.25) is 0 Å². The second-order valence-corrected chi connectivity index (χ2v) is 4.31. The van der Waals surface area contributed by atoms with Gasteiger partial charge in [-0.25, -0.2) is 0 Å². The molecule has 0 bridgehead atoms. The van der Waals surface area contributed by atoms with Crippen LogP contribution in [0, 0.1) is 17.2 Å². The maximum Gasteiger partial charge on any atom is 0.251 e. The lowest BCUT2D eigenvalue weighted by atomic mass is 10.1. The minimum atomic E-state index is -0.161. The molecule has 1 rings (SSSR count). The van der Waals surface area contributed by atoms with Gasteiger partial charge in [0.05, 0.1) is 11.6 Å². The van der Waals surface area contributed by atoms with Gasteiger partial charge >= 0.3 is 0 Å². The number of hydrogen-bond acceptors (Lipinski definition) is 3. The van der Waals surface area contributed by atoms with Crippen LogP contribution in [-0.2, 0) is 0 Å². The number of carbonyl (C=O) groups excluding carboxylic acids is 1. The summed E-state index contributed by atoms with van der Waals surface area (Å²) in [6.07, 6.45) is 0. The lowest BCUT2D eigenvalue weighted by molar-refractivity contribution is 0.0949. The number of nitrogens with two attached hydrogens (primary N) is 1. The van der Waals surface area contributed by atoms with E-state index in [1.54, 1.807) is 24.3 Å². The highest BCUT2D eigenvalue weighted by molar-refractivity contribution is 5.94. The van der Waals surface area contributed by atoms with Gasteiger partial charge in [0.15, 0.2) is 0 Å². The Labute approximate surface area is 114 Å². The van der Waals surface area contributed by atoms with E-state index < -0.39 is 0 Å². The maximum absolute atomic E-state index is 11.7. The number of nitriles is 1. The molecule has 98 valence electrons. The van der Waals surface area contributed by atoms with Gasteiger partial charge in [-0.1, -0.05) is 13.8 Å². The first kappa shape index (κ1) is 16.4. The first-order chi connectivity index (χ1) is 8.04. The van der Waals surface area contributed by atoms with Crippen molar-refractivity contribution >= 4 is 18.3 Å². The predicted octanol–water partition coefficient (Wildman–Crippen LogP) is 1.69. The number of carbonyl (C=O) groups is 1. The van der Waals surface area contributed by atoms with Crippen LogP contribution in [0.5, 0.6) is 0 Å². The molecule has 18 heavy (non-hydrogen) atoms. The third-order valence-corrected chi connectivity index (χ3v) is 2.63. The molecule has 0 heterocycles. The molecule has 3 N–H and O–H groups in total. The number of rotatable bonds is 4. The molecule has 0 spiro atoms. The van der Waals surface area contributed by atoms with Crippen LogP contribution in [0.1, 0.15) is 29.8 Å². The molecule has 0 fully saturated rings. The van der Waals surface area contributed by atoms with Crippen LogP contribution in [-0.4, -0.2) is 18.5 Å². The van der Waals surface area contributed by atoms with Gasteiger partial charge in [0, 0.05) is 18.2 Å². The summed E-state index contributed by atoms with van der Waals surface area (Å²) in [6.45, 7) is 4.48. The van der Waals surface area contributed by atoms with E-state index in [1.165, 1.54) is 0 Å². The number of benzene rings is 1. The lowest BCUT2D eigenvalue weighted by Crippen LogP contribution is -2.40. The number of amides is 1.